The fourth-order valence-corrected chi connectivity index (χ4v) is 3.72. The summed E-state index contributed by atoms with van der Waals surface area (Å²) in [7, 11) is 1.99. The van der Waals surface area contributed by atoms with Crippen molar-refractivity contribution < 1.29 is 9.53 Å². The van der Waals surface area contributed by atoms with Crippen LogP contribution in [-0.4, -0.2) is 45.8 Å². The number of benzene rings is 1. The summed E-state index contributed by atoms with van der Waals surface area (Å²) in [6.07, 6.45) is 2.09. The molecular formula is C17H22N4O2. The van der Waals surface area contributed by atoms with Crippen LogP contribution in [0.3, 0.4) is 0 Å². The number of rotatable bonds is 2. The van der Waals surface area contributed by atoms with Crippen LogP contribution >= 0.6 is 0 Å². The van der Waals surface area contributed by atoms with Gasteiger partial charge in [-0.05, 0) is 37.5 Å². The zero-order valence-electron chi connectivity index (χ0n) is 13.6. The van der Waals surface area contributed by atoms with E-state index in [4.69, 9.17) is 4.74 Å². The highest BCUT2D eigenvalue weighted by atomic mass is 16.5. The van der Waals surface area contributed by atoms with Crippen molar-refractivity contribution >= 4 is 17.1 Å². The Labute approximate surface area is 135 Å². The van der Waals surface area contributed by atoms with E-state index in [1.165, 1.54) is 5.56 Å². The summed E-state index contributed by atoms with van der Waals surface area (Å²) < 4.78 is 7.58. The maximum atomic E-state index is 12.5. The second-order valence-corrected chi connectivity index (χ2v) is 6.57. The largest absolute Gasteiger partial charge is 0.377 e. The monoisotopic (exact) mass is 314 g/mol. The Hall–Kier alpha value is -2.08. The highest BCUT2D eigenvalue weighted by Gasteiger charge is 2.40. The predicted molar refractivity (Wildman–Crippen MR) is 87.2 cm³/mol. The van der Waals surface area contributed by atoms with E-state index in [1.807, 2.05) is 16.5 Å². The number of imidazole rings is 1. The Morgan fingerprint density at radius 3 is 2.83 bits per heavy atom. The van der Waals surface area contributed by atoms with Crippen molar-refractivity contribution in [2.45, 2.75) is 38.4 Å². The van der Waals surface area contributed by atoms with Gasteiger partial charge in [-0.1, -0.05) is 6.07 Å². The molecule has 0 aliphatic carbocycles. The highest BCUT2D eigenvalue weighted by Crippen LogP contribution is 2.28. The molecule has 1 aromatic heterocycles. The van der Waals surface area contributed by atoms with E-state index >= 15 is 0 Å². The zero-order chi connectivity index (χ0) is 16.0. The Kier molecular flexibility index (Phi) is 3.49. The normalized spacial score (nSPS) is 23.5. The third-order valence-corrected chi connectivity index (χ3v) is 5.00. The first-order valence-corrected chi connectivity index (χ1v) is 8.19. The summed E-state index contributed by atoms with van der Waals surface area (Å²) in [6, 6.07) is 6.70. The summed E-state index contributed by atoms with van der Waals surface area (Å²) >= 11 is 0. The fraction of sp³-hybridized carbons (Fsp3) is 0.529. The summed E-state index contributed by atoms with van der Waals surface area (Å²) in [4.78, 5) is 19.2. The first-order valence-electron chi connectivity index (χ1n) is 8.19. The van der Waals surface area contributed by atoms with Gasteiger partial charge in [0.05, 0.1) is 42.9 Å². The minimum Gasteiger partial charge on any atom is -0.377 e. The van der Waals surface area contributed by atoms with Crippen LogP contribution in [-0.2, 0) is 18.3 Å². The average molecular weight is 314 g/mol. The number of ether oxygens (including phenoxy) is 1. The summed E-state index contributed by atoms with van der Waals surface area (Å²) in [6.45, 7) is 3.83. The highest BCUT2D eigenvalue weighted by molar-refractivity contribution is 5.78. The topological polar surface area (TPSA) is 59.4 Å². The number of fused-ring (bicyclic) bond motifs is 3. The molecule has 3 heterocycles. The first kappa shape index (κ1) is 14.5. The van der Waals surface area contributed by atoms with E-state index in [2.05, 4.69) is 35.4 Å². The number of carbonyl (C=O) groups excluding carboxylic acids is 1. The number of hydrogen-bond acceptors (Lipinski definition) is 3. The molecule has 0 saturated carbocycles. The molecule has 23 heavy (non-hydrogen) atoms. The number of hydrogen-bond donors (Lipinski definition) is 1. The molecule has 2 aromatic rings. The quantitative estimate of drug-likeness (QED) is 0.922. The van der Waals surface area contributed by atoms with Crippen LogP contribution in [0, 0.1) is 6.92 Å². The molecule has 4 rings (SSSR count). The fourth-order valence-electron chi connectivity index (χ4n) is 3.72. The maximum Gasteiger partial charge on any atom is 0.318 e. The Morgan fingerprint density at radius 2 is 2.09 bits per heavy atom. The van der Waals surface area contributed by atoms with Crippen LogP contribution < -0.4 is 5.32 Å². The van der Waals surface area contributed by atoms with Crippen molar-refractivity contribution in [1.29, 1.82) is 0 Å². The van der Waals surface area contributed by atoms with Gasteiger partial charge in [0.25, 0.3) is 0 Å². The molecule has 2 aliphatic heterocycles. The summed E-state index contributed by atoms with van der Waals surface area (Å²) in [5, 5.41) is 3.03. The number of carbonyl (C=O) groups is 1. The molecule has 2 bridgehead atoms. The molecule has 0 spiro atoms. The van der Waals surface area contributed by atoms with Gasteiger partial charge in [-0.25, -0.2) is 9.78 Å². The lowest BCUT2D eigenvalue weighted by Crippen LogP contribution is -2.52. The molecule has 122 valence electrons. The second kappa shape index (κ2) is 5.53. The smallest absolute Gasteiger partial charge is 0.318 e. The lowest BCUT2D eigenvalue weighted by Gasteiger charge is -2.34. The number of amides is 2. The number of urea groups is 1. The van der Waals surface area contributed by atoms with Crippen LogP contribution in [0.25, 0.3) is 11.0 Å². The van der Waals surface area contributed by atoms with Crippen LogP contribution in [0.1, 0.15) is 24.2 Å². The van der Waals surface area contributed by atoms with E-state index in [-0.39, 0.29) is 18.1 Å². The molecular weight excluding hydrogens is 292 g/mol. The molecule has 6 nitrogen and oxygen atoms in total. The van der Waals surface area contributed by atoms with Gasteiger partial charge in [-0.15, -0.1) is 0 Å². The number of aromatic nitrogens is 2. The molecule has 6 heteroatoms. The molecule has 2 aliphatic rings. The minimum atomic E-state index is 0.00374. The van der Waals surface area contributed by atoms with Crippen LogP contribution in [0.4, 0.5) is 4.79 Å². The summed E-state index contributed by atoms with van der Waals surface area (Å²) in [5.74, 6) is 0.875. The van der Waals surface area contributed by atoms with Crippen molar-refractivity contribution in [2.24, 2.45) is 7.05 Å². The molecule has 1 aromatic carbocycles. The lowest BCUT2D eigenvalue weighted by atomic mass is 10.2. The molecule has 0 radical (unpaired) electrons. The summed E-state index contributed by atoms with van der Waals surface area (Å²) in [5.41, 5.74) is 3.26. The van der Waals surface area contributed by atoms with Crippen molar-refractivity contribution in [3.8, 4) is 0 Å². The van der Waals surface area contributed by atoms with Gasteiger partial charge in [0.2, 0.25) is 0 Å². The van der Waals surface area contributed by atoms with Crippen molar-refractivity contribution in [3.63, 3.8) is 0 Å². The van der Waals surface area contributed by atoms with Gasteiger partial charge in [0.15, 0.2) is 0 Å². The maximum absolute atomic E-state index is 12.5. The van der Waals surface area contributed by atoms with Gasteiger partial charge < -0.3 is 19.5 Å². The number of nitrogens with one attached hydrogen (secondary N) is 1. The molecule has 2 amide bonds. The zero-order valence-corrected chi connectivity index (χ0v) is 13.6. The second-order valence-electron chi connectivity index (χ2n) is 6.57. The molecule has 2 atom stereocenters. The van der Waals surface area contributed by atoms with Crippen LogP contribution in [0.2, 0.25) is 0 Å². The van der Waals surface area contributed by atoms with Gasteiger partial charge in [0.1, 0.15) is 5.82 Å². The average Bonchev–Trinajstić information content (AvgIpc) is 2.98. The molecule has 2 saturated heterocycles. The van der Waals surface area contributed by atoms with Crippen molar-refractivity contribution in [3.05, 3.63) is 29.6 Å². The van der Waals surface area contributed by atoms with E-state index in [1.54, 1.807) is 0 Å². The predicted octanol–water partition coefficient (Wildman–Crippen LogP) is 1.95. The van der Waals surface area contributed by atoms with Crippen molar-refractivity contribution in [1.82, 2.24) is 19.8 Å². The van der Waals surface area contributed by atoms with Crippen LogP contribution in [0.5, 0.6) is 0 Å². The van der Waals surface area contributed by atoms with E-state index < -0.39 is 0 Å². The molecule has 1 N–H and O–H groups in total. The SMILES string of the molecule is Cc1ccc2c(c1)nc(CNC(=O)N1C3CCC1COC3)n2C. The van der Waals surface area contributed by atoms with Gasteiger partial charge in [-0.3, -0.25) is 0 Å². The Bertz CT molecular complexity index is 738. The molecule has 2 fully saturated rings. The van der Waals surface area contributed by atoms with Crippen LogP contribution in [0.15, 0.2) is 18.2 Å². The van der Waals surface area contributed by atoms with E-state index in [0.29, 0.717) is 19.8 Å². The lowest BCUT2D eigenvalue weighted by molar-refractivity contribution is 0.00627. The van der Waals surface area contributed by atoms with Gasteiger partial charge >= 0.3 is 6.03 Å². The third-order valence-electron chi connectivity index (χ3n) is 5.00. The first-order chi connectivity index (χ1) is 11.1. The number of nitrogens with zero attached hydrogens (tertiary/aromatic N) is 3. The van der Waals surface area contributed by atoms with E-state index in [0.717, 1.165) is 29.7 Å². The molecule has 2 unspecified atom stereocenters. The minimum absolute atomic E-state index is 0.00374. The third kappa shape index (κ3) is 2.47. The number of aryl methyl sites for hydroxylation is 2. The van der Waals surface area contributed by atoms with E-state index in [9.17, 15) is 4.79 Å². The number of morpholine rings is 1. The Morgan fingerprint density at radius 1 is 1.35 bits per heavy atom. The van der Waals surface area contributed by atoms with Crippen molar-refractivity contribution in [2.75, 3.05) is 13.2 Å². The van der Waals surface area contributed by atoms with Gasteiger partial charge in [-0.2, -0.15) is 0 Å². The van der Waals surface area contributed by atoms with Gasteiger partial charge in [0, 0.05) is 7.05 Å². The Balaban J connectivity index is 1.49. The standard InChI is InChI=1S/C17H22N4O2/c1-11-3-6-15-14(7-11)19-16(20(15)2)8-18-17(22)21-12-4-5-13(21)10-23-9-12/h3,6-7,12-13H,4-5,8-10H2,1-2H3,(H,18,22).